The van der Waals surface area contributed by atoms with E-state index in [1.807, 2.05) is 18.4 Å². The van der Waals surface area contributed by atoms with Crippen molar-refractivity contribution in [3.8, 4) is 0 Å². The third-order valence-electron chi connectivity index (χ3n) is 4.36. The van der Waals surface area contributed by atoms with Gasteiger partial charge in [-0.2, -0.15) is 0 Å². The first-order valence-corrected chi connectivity index (χ1v) is 7.67. The van der Waals surface area contributed by atoms with Crippen molar-refractivity contribution in [3.05, 3.63) is 22.4 Å². The lowest BCUT2D eigenvalue weighted by Gasteiger charge is -2.52. The summed E-state index contributed by atoms with van der Waals surface area (Å²) in [5.74, 6) is 0.612. The van der Waals surface area contributed by atoms with Gasteiger partial charge in [-0.15, -0.1) is 11.3 Å². The van der Waals surface area contributed by atoms with Crippen LogP contribution >= 0.6 is 11.3 Å². The van der Waals surface area contributed by atoms with Crippen molar-refractivity contribution in [2.45, 2.75) is 52.3 Å². The minimum Gasteiger partial charge on any atom is -0.381 e. The minimum atomic E-state index is 0.235. The van der Waals surface area contributed by atoms with E-state index in [0.717, 1.165) is 6.42 Å². The van der Waals surface area contributed by atoms with Crippen LogP contribution in [0.15, 0.2) is 17.5 Å². The van der Waals surface area contributed by atoms with Crippen molar-refractivity contribution in [2.75, 3.05) is 7.11 Å². The highest BCUT2D eigenvalue weighted by Crippen LogP contribution is 2.44. The normalized spacial score (nSPS) is 28.1. The van der Waals surface area contributed by atoms with Gasteiger partial charge in [-0.3, -0.25) is 0 Å². The molecule has 3 unspecified atom stereocenters. The van der Waals surface area contributed by atoms with Crippen LogP contribution in [-0.4, -0.2) is 19.3 Å². The van der Waals surface area contributed by atoms with Gasteiger partial charge in [-0.05, 0) is 23.8 Å². The molecule has 1 heterocycles. The number of hydrogen-bond acceptors (Lipinski definition) is 3. The number of hydrogen-bond donors (Lipinski definition) is 1. The summed E-state index contributed by atoms with van der Waals surface area (Å²) in [5.41, 5.74) is 0.235. The van der Waals surface area contributed by atoms with E-state index < -0.39 is 0 Å². The molecule has 0 aliphatic heterocycles. The minimum absolute atomic E-state index is 0.235. The van der Waals surface area contributed by atoms with Gasteiger partial charge in [0.1, 0.15) is 0 Å². The second-order valence-electron chi connectivity index (χ2n) is 6.24. The maximum atomic E-state index is 5.53. The van der Waals surface area contributed by atoms with E-state index in [4.69, 9.17) is 4.74 Å². The van der Waals surface area contributed by atoms with Gasteiger partial charge in [0.05, 0.1) is 6.10 Å². The van der Waals surface area contributed by atoms with Gasteiger partial charge in [0.15, 0.2) is 0 Å². The Morgan fingerprint density at radius 3 is 2.61 bits per heavy atom. The largest absolute Gasteiger partial charge is 0.381 e. The topological polar surface area (TPSA) is 21.3 Å². The lowest BCUT2D eigenvalue weighted by Crippen LogP contribution is -2.61. The van der Waals surface area contributed by atoms with Gasteiger partial charge in [0.2, 0.25) is 0 Å². The van der Waals surface area contributed by atoms with E-state index in [2.05, 4.69) is 50.5 Å². The first-order chi connectivity index (χ1) is 8.46. The number of nitrogens with one attached hydrogen (secondary N) is 1. The van der Waals surface area contributed by atoms with Gasteiger partial charge < -0.3 is 10.1 Å². The Balaban J connectivity index is 2.04. The molecule has 102 valence electrons. The quantitative estimate of drug-likeness (QED) is 0.875. The Hall–Kier alpha value is -0.380. The van der Waals surface area contributed by atoms with E-state index >= 15 is 0 Å². The molecule has 0 bridgehead atoms. The predicted molar refractivity (Wildman–Crippen MR) is 78.0 cm³/mol. The number of ether oxygens (including phenoxy) is 1. The summed E-state index contributed by atoms with van der Waals surface area (Å²) in [4.78, 5) is 1.45. The molecule has 0 amide bonds. The average molecular weight is 267 g/mol. The highest BCUT2D eigenvalue weighted by atomic mass is 32.1. The van der Waals surface area contributed by atoms with E-state index in [-0.39, 0.29) is 5.41 Å². The number of methoxy groups -OCH3 is 1. The number of rotatable bonds is 5. The van der Waals surface area contributed by atoms with Gasteiger partial charge >= 0.3 is 0 Å². The van der Waals surface area contributed by atoms with Crippen molar-refractivity contribution in [3.63, 3.8) is 0 Å². The predicted octanol–water partition coefficient (Wildman–Crippen LogP) is 3.85. The first kappa shape index (κ1) is 14.0. The fourth-order valence-corrected chi connectivity index (χ4v) is 3.81. The number of thiophene rings is 1. The van der Waals surface area contributed by atoms with Gasteiger partial charge in [-0.25, -0.2) is 0 Å². The second kappa shape index (κ2) is 5.32. The zero-order chi connectivity index (χ0) is 13.3. The van der Waals surface area contributed by atoms with Crippen LogP contribution in [0.4, 0.5) is 0 Å². The lowest BCUT2D eigenvalue weighted by atomic mass is 9.64. The average Bonchev–Trinajstić information content (AvgIpc) is 2.81. The molecule has 1 aromatic rings. The molecule has 18 heavy (non-hydrogen) atoms. The van der Waals surface area contributed by atoms with E-state index in [0.29, 0.717) is 24.1 Å². The molecule has 3 atom stereocenters. The third-order valence-corrected chi connectivity index (χ3v) is 5.31. The summed E-state index contributed by atoms with van der Waals surface area (Å²) < 4.78 is 5.53. The molecule has 1 saturated carbocycles. The van der Waals surface area contributed by atoms with E-state index in [9.17, 15) is 0 Å². The Morgan fingerprint density at radius 2 is 2.17 bits per heavy atom. The van der Waals surface area contributed by atoms with E-state index in [1.165, 1.54) is 4.88 Å². The molecule has 0 saturated heterocycles. The van der Waals surface area contributed by atoms with Crippen molar-refractivity contribution in [1.82, 2.24) is 5.32 Å². The highest BCUT2D eigenvalue weighted by molar-refractivity contribution is 7.10. The summed E-state index contributed by atoms with van der Waals surface area (Å²) in [6.45, 7) is 9.18. The maximum absolute atomic E-state index is 5.53. The molecule has 1 N–H and O–H groups in total. The molecule has 1 aliphatic rings. The fourth-order valence-electron chi connectivity index (χ4n) is 2.86. The Kier molecular flexibility index (Phi) is 4.15. The molecule has 1 aliphatic carbocycles. The van der Waals surface area contributed by atoms with E-state index in [1.54, 1.807) is 0 Å². The monoisotopic (exact) mass is 267 g/mol. The summed E-state index contributed by atoms with van der Waals surface area (Å²) >= 11 is 1.85. The van der Waals surface area contributed by atoms with Crippen molar-refractivity contribution in [1.29, 1.82) is 0 Å². The van der Waals surface area contributed by atoms with Crippen LogP contribution in [0.5, 0.6) is 0 Å². The van der Waals surface area contributed by atoms with Crippen LogP contribution in [-0.2, 0) is 4.74 Å². The fraction of sp³-hybridized carbons (Fsp3) is 0.733. The molecule has 1 fully saturated rings. The molecule has 2 nitrogen and oxygen atoms in total. The Morgan fingerprint density at radius 1 is 1.44 bits per heavy atom. The van der Waals surface area contributed by atoms with Crippen LogP contribution in [0.2, 0.25) is 0 Å². The van der Waals surface area contributed by atoms with Crippen molar-refractivity contribution < 1.29 is 4.74 Å². The molecular formula is C15H25NOS. The SMILES string of the molecule is COC1CC(NC(c2cccs2)C(C)C)C1(C)C. The molecule has 0 aromatic carbocycles. The van der Waals surface area contributed by atoms with Crippen molar-refractivity contribution >= 4 is 11.3 Å². The van der Waals surface area contributed by atoms with Crippen LogP contribution in [0.25, 0.3) is 0 Å². The highest BCUT2D eigenvalue weighted by Gasteiger charge is 2.49. The van der Waals surface area contributed by atoms with Crippen LogP contribution in [0.1, 0.15) is 45.0 Å². The third kappa shape index (κ3) is 2.49. The van der Waals surface area contributed by atoms with Crippen LogP contribution < -0.4 is 5.32 Å². The smallest absolute Gasteiger partial charge is 0.0652 e. The molecule has 0 spiro atoms. The van der Waals surface area contributed by atoms with Gasteiger partial charge in [0, 0.05) is 29.5 Å². The molecule has 1 aromatic heterocycles. The maximum Gasteiger partial charge on any atom is 0.0652 e. The lowest BCUT2D eigenvalue weighted by molar-refractivity contribution is -0.102. The zero-order valence-electron chi connectivity index (χ0n) is 12.1. The van der Waals surface area contributed by atoms with Gasteiger partial charge in [-0.1, -0.05) is 33.8 Å². The summed E-state index contributed by atoms with van der Waals surface area (Å²) in [7, 11) is 1.82. The zero-order valence-corrected chi connectivity index (χ0v) is 12.9. The van der Waals surface area contributed by atoms with Crippen LogP contribution in [0.3, 0.4) is 0 Å². The van der Waals surface area contributed by atoms with Crippen molar-refractivity contribution in [2.24, 2.45) is 11.3 Å². The molecule has 3 heteroatoms. The Bertz CT molecular complexity index is 372. The Labute approximate surface area is 115 Å². The van der Waals surface area contributed by atoms with Gasteiger partial charge in [0.25, 0.3) is 0 Å². The second-order valence-corrected chi connectivity index (χ2v) is 7.22. The molecule has 0 radical (unpaired) electrons. The standard InChI is InChI=1S/C15H25NOS/c1-10(2)14(11-7-6-8-18-11)16-12-9-13(17-5)15(12,3)4/h6-8,10,12-14,16H,9H2,1-5H3. The summed E-state index contributed by atoms with van der Waals surface area (Å²) in [5, 5.41) is 6.00. The van der Waals surface area contributed by atoms with Crippen LogP contribution in [0, 0.1) is 11.3 Å². The molecular weight excluding hydrogens is 242 g/mol. The summed E-state index contributed by atoms with van der Waals surface area (Å²) in [6.07, 6.45) is 1.52. The molecule has 2 rings (SSSR count). The first-order valence-electron chi connectivity index (χ1n) is 6.79. The summed E-state index contributed by atoms with van der Waals surface area (Å²) in [6, 6.07) is 5.40.